The zero-order valence-corrected chi connectivity index (χ0v) is 22.4. The van der Waals surface area contributed by atoms with Crippen LogP contribution in [0.25, 0.3) is 6.08 Å². The number of hydrogen-bond acceptors (Lipinski definition) is 10. The van der Waals surface area contributed by atoms with Crippen molar-refractivity contribution in [2.24, 2.45) is 0 Å². The molecule has 3 aromatic rings. The van der Waals surface area contributed by atoms with Gasteiger partial charge in [-0.25, -0.2) is 8.42 Å². The zero-order chi connectivity index (χ0) is 27.0. The average molecular weight is 543 g/mol. The highest BCUT2D eigenvalue weighted by Gasteiger charge is 2.17. The summed E-state index contributed by atoms with van der Waals surface area (Å²) in [5.41, 5.74) is 2.60. The van der Waals surface area contributed by atoms with E-state index >= 15 is 0 Å². The van der Waals surface area contributed by atoms with Crippen LogP contribution in [0.15, 0.2) is 47.1 Å². The van der Waals surface area contributed by atoms with Crippen LogP contribution in [0.5, 0.6) is 17.2 Å². The summed E-state index contributed by atoms with van der Waals surface area (Å²) < 4.78 is 43.7. The quantitative estimate of drug-likeness (QED) is 0.216. The normalized spacial score (nSPS) is 11.5. The molecule has 3 rings (SSSR count). The molecule has 1 N–H and O–H groups in total. The molecule has 10 nitrogen and oxygen atoms in total. The van der Waals surface area contributed by atoms with Crippen LogP contribution in [0.1, 0.15) is 23.1 Å². The highest BCUT2D eigenvalue weighted by molar-refractivity contribution is 7.90. The molecule has 0 spiro atoms. The Morgan fingerprint density at radius 3 is 2.43 bits per heavy atom. The summed E-state index contributed by atoms with van der Waals surface area (Å²) in [5, 5.41) is 11.4. The molecule has 1 heterocycles. The fraction of sp³-hybridized carbons (Fsp3) is 0.280. The van der Waals surface area contributed by atoms with Crippen molar-refractivity contribution in [3.63, 3.8) is 0 Å². The number of nitrogens with zero attached hydrogens (tertiary/aromatic N) is 3. The third kappa shape index (κ3) is 8.03. The lowest BCUT2D eigenvalue weighted by Gasteiger charge is -2.12. The lowest BCUT2D eigenvalue weighted by atomic mass is 10.1. The molecule has 0 fully saturated rings. The van der Waals surface area contributed by atoms with E-state index in [0.29, 0.717) is 48.2 Å². The number of aromatic nitrogens is 2. The van der Waals surface area contributed by atoms with E-state index in [1.54, 1.807) is 18.2 Å². The third-order valence-electron chi connectivity index (χ3n) is 4.83. The van der Waals surface area contributed by atoms with E-state index < -0.39 is 20.9 Å². The number of anilines is 1. The number of benzene rings is 2. The predicted octanol–water partition coefficient (Wildman–Crippen LogP) is 3.96. The molecule has 2 aromatic carbocycles. The van der Waals surface area contributed by atoms with Crippen molar-refractivity contribution < 1.29 is 27.4 Å². The molecule has 0 atom stereocenters. The van der Waals surface area contributed by atoms with Crippen LogP contribution in [0.2, 0.25) is 0 Å². The molecule has 0 unspecified atom stereocenters. The Bertz CT molecular complexity index is 1440. The number of ether oxygens (including phenoxy) is 3. The number of nitrogens with one attached hydrogen (secondary N) is 1. The van der Waals surface area contributed by atoms with Crippen molar-refractivity contribution in [2.45, 2.75) is 25.4 Å². The van der Waals surface area contributed by atoms with E-state index in [4.69, 9.17) is 14.2 Å². The summed E-state index contributed by atoms with van der Waals surface area (Å²) in [6.45, 7) is 4.94. The molecule has 0 saturated heterocycles. The number of nitriles is 1. The zero-order valence-electron chi connectivity index (χ0n) is 20.8. The van der Waals surface area contributed by atoms with E-state index in [1.165, 1.54) is 13.2 Å². The first-order valence-electron chi connectivity index (χ1n) is 11.1. The Morgan fingerprint density at radius 1 is 1.11 bits per heavy atom. The fourth-order valence-electron chi connectivity index (χ4n) is 3.23. The van der Waals surface area contributed by atoms with Crippen molar-refractivity contribution >= 4 is 38.5 Å². The number of carbonyl (C=O) groups excluding carboxylic acids is 1. The third-order valence-corrected chi connectivity index (χ3v) is 6.43. The number of sulfone groups is 1. The molecule has 1 amide bonds. The Hall–Kier alpha value is -3.95. The highest BCUT2D eigenvalue weighted by Crippen LogP contribution is 2.29. The molecule has 0 aliphatic rings. The minimum Gasteiger partial charge on any atom is -0.493 e. The summed E-state index contributed by atoms with van der Waals surface area (Å²) >= 11 is 0.703. The fourth-order valence-corrected chi connectivity index (χ4v) is 4.67. The predicted molar refractivity (Wildman–Crippen MR) is 140 cm³/mol. The molecule has 1 aromatic heterocycles. The average Bonchev–Trinajstić information content (AvgIpc) is 3.31. The van der Waals surface area contributed by atoms with Crippen LogP contribution in [-0.2, 0) is 14.6 Å². The Morgan fingerprint density at radius 2 is 1.81 bits per heavy atom. The first-order valence-corrected chi connectivity index (χ1v) is 13.7. The van der Waals surface area contributed by atoms with Crippen LogP contribution in [0, 0.1) is 25.2 Å². The molecule has 0 aliphatic carbocycles. The molecule has 0 bridgehead atoms. The van der Waals surface area contributed by atoms with Gasteiger partial charge >= 0.3 is 0 Å². The number of hydrogen-bond donors (Lipinski definition) is 1. The summed E-state index contributed by atoms with van der Waals surface area (Å²) in [6.07, 6.45) is 2.99. The van der Waals surface area contributed by atoms with Gasteiger partial charge in [-0.3, -0.25) is 10.1 Å². The number of rotatable bonds is 11. The number of methoxy groups -OCH3 is 1. The van der Waals surface area contributed by atoms with Crippen molar-refractivity contribution in [3.05, 3.63) is 58.7 Å². The van der Waals surface area contributed by atoms with Gasteiger partial charge in [0.2, 0.25) is 15.0 Å². The van der Waals surface area contributed by atoms with Crippen molar-refractivity contribution in [3.8, 4) is 23.3 Å². The molecule has 0 aliphatic heterocycles. The minimum absolute atomic E-state index is 0.0329. The summed E-state index contributed by atoms with van der Waals surface area (Å²) in [6, 6.07) is 12.9. The summed E-state index contributed by atoms with van der Waals surface area (Å²) in [4.78, 5) is 16.2. The molecule has 0 radical (unpaired) electrons. The molecular formula is C25H26N4O6S2. The number of aryl methyl sites for hydroxylation is 2. The highest BCUT2D eigenvalue weighted by atomic mass is 32.2. The Balaban J connectivity index is 1.59. The standard InChI is InChI=1S/C25H26N4O6S2/c1-16-10-17(2)12-20(11-16)34-8-5-9-35-21-7-6-18(14-22(21)33-3)13-19(15-26)23(30)27-24-28-25(29-36-24)37(4,31)32/h6-7,10-14H,5,8-9H2,1-4H3,(H,27,28,29,30)/b19-13-. The second kappa shape index (κ2) is 12.3. The molecule has 12 heteroatoms. The van der Waals surface area contributed by atoms with Gasteiger partial charge in [-0.15, -0.1) is 0 Å². The summed E-state index contributed by atoms with van der Waals surface area (Å²) in [7, 11) is -2.11. The van der Waals surface area contributed by atoms with Crippen LogP contribution in [-0.4, -0.2) is 50.3 Å². The number of amides is 1. The first-order chi connectivity index (χ1) is 17.6. The van der Waals surface area contributed by atoms with Gasteiger partial charge in [0.15, 0.2) is 11.5 Å². The number of carbonyl (C=O) groups is 1. The molecule has 37 heavy (non-hydrogen) atoms. The van der Waals surface area contributed by atoms with E-state index in [0.717, 1.165) is 23.1 Å². The molecular weight excluding hydrogens is 516 g/mol. The van der Waals surface area contributed by atoms with Gasteiger partial charge in [-0.2, -0.15) is 14.6 Å². The van der Waals surface area contributed by atoms with Crippen molar-refractivity contribution in [1.29, 1.82) is 5.26 Å². The molecule has 0 saturated carbocycles. The van der Waals surface area contributed by atoms with Gasteiger partial charge in [0.1, 0.15) is 17.4 Å². The van der Waals surface area contributed by atoms with Crippen molar-refractivity contribution in [2.75, 3.05) is 31.9 Å². The van der Waals surface area contributed by atoms with Crippen LogP contribution in [0.4, 0.5) is 5.13 Å². The minimum atomic E-state index is -3.61. The van der Waals surface area contributed by atoms with Gasteiger partial charge in [0, 0.05) is 24.2 Å². The first kappa shape index (κ1) is 27.6. The van der Waals surface area contributed by atoms with E-state index in [2.05, 4.69) is 20.7 Å². The lowest BCUT2D eigenvalue weighted by Crippen LogP contribution is -2.13. The van der Waals surface area contributed by atoms with Gasteiger partial charge in [-0.1, -0.05) is 12.1 Å². The lowest BCUT2D eigenvalue weighted by molar-refractivity contribution is -0.112. The maximum absolute atomic E-state index is 12.5. The van der Waals surface area contributed by atoms with Crippen molar-refractivity contribution in [1.82, 2.24) is 9.36 Å². The van der Waals surface area contributed by atoms with Gasteiger partial charge < -0.3 is 14.2 Å². The van der Waals surface area contributed by atoms with Crippen LogP contribution in [0.3, 0.4) is 0 Å². The Labute approximate surface area is 219 Å². The SMILES string of the molecule is COc1cc(/C=C(/C#N)C(=O)Nc2nc(S(C)(=O)=O)ns2)ccc1OCCCOc1cc(C)cc(C)c1. The second-order valence-corrected chi connectivity index (χ2v) is 10.7. The van der Waals surface area contributed by atoms with E-state index in [1.807, 2.05) is 32.0 Å². The van der Waals surface area contributed by atoms with Crippen LogP contribution < -0.4 is 19.5 Å². The summed E-state index contributed by atoms with van der Waals surface area (Å²) in [5.74, 6) is 1.02. The Kier molecular flexibility index (Phi) is 9.21. The topological polar surface area (TPSA) is 140 Å². The smallest absolute Gasteiger partial charge is 0.268 e. The van der Waals surface area contributed by atoms with Gasteiger partial charge in [0.05, 0.1) is 20.3 Å². The van der Waals surface area contributed by atoms with Crippen LogP contribution >= 0.6 is 11.5 Å². The monoisotopic (exact) mass is 542 g/mol. The van der Waals surface area contributed by atoms with Gasteiger partial charge in [0.25, 0.3) is 11.1 Å². The van der Waals surface area contributed by atoms with E-state index in [9.17, 15) is 18.5 Å². The maximum atomic E-state index is 12.5. The largest absolute Gasteiger partial charge is 0.493 e. The van der Waals surface area contributed by atoms with E-state index in [-0.39, 0.29) is 10.7 Å². The second-order valence-electron chi connectivity index (χ2n) is 8.06. The molecule has 194 valence electrons. The van der Waals surface area contributed by atoms with Gasteiger partial charge in [-0.05, 0) is 60.9 Å². The maximum Gasteiger partial charge on any atom is 0.268 e.